The summed E-state index contributed by atoms with van der Waals surface area (Å²) >= 11 is 0. The highest BCUT2D eigenvalue weighted by Crippen LogP contribution is 2.32. The number of benzene rings is 2. The summed E-state index contributed by atoms with van der Waals surface area (Å²) in [6, 6.07) is 17.7. The molecular formula is C30H38N4O3. The number of amides is 2. The van der Waals surface area contributed by atoms with E-state index in [-0.39, 0.29) is 18.4 Å². The number of hydrogen-bond donors (Lipinski definition) is 1. The Morgan fingerprint density at radius 3 is 2.35 bits per heavy atom. The van der Waals surface area contributed by atoms with Crippen molar-refractivity contribution >= 4 is 11.8 Å². The first-order valence-electron chi connectivity index (χ1n) is 13.0. The summed E-state index contributed by atoms with van der Waals surface area (Å²) in [4.78, 5) is 29.1. The van der Waals surface area contributed by atoms with Crippen LogP contribution in [-0.2, 0) is 17.9 Å². The van der Waals surface area contributed by atoms with E-state index in [0.717, 1.165) is 29.0 Å². The number of carbonyl (C=O) groups is 2. The summed E-state index contributed by atoms with van der Waals surface area (Å²) in [5.41, 5.74) is 3.25. The first-order chi connectivity index (χ1) is 17.6. The predicted molar refractivity (Wildman–Crippen MR) is 145 cm³/mol. The molecule has 1 aliphatic heterocycles. The molecule has 0 unspecified atom stereocenters. The van der Waals surface area contributed by atoms with Crippen LogP contribution in [0.2, 0.25) is 0 Å². The Balaban J connectivity index is 1.68. The SMILES string of the molecule is COc1ccc(CN2C(=O)c3cc(-c4ccc(C(C)C)cc4)nn3C[C@]2(C)C(=O)NCCC(C)C)cc1. The van der Waals surface area contributed by atoms with E-state index >= 15 is 0 Å². The highest BCUT2D eigenvalue weighted by atomic mass is 16.5. The lowest BCUT2D eigenvalue weighted by molar-refractivity contribution is -0.133. The number of carbonyl (C=O) groups excluding carboxylic acids is 2. The Kier molecular flexibility index (Phi) is 7.71. The van der Waals surface area contributed by atoms with Gasteiger partial charge in [-0.05, 0) is 54.5 Å². The number of fused-ring (bicyclic) bond motifs is 1. The van der Waals surface area contributed by atoms with E-state index in [4.69, 9.17) is 9.84 Å². The molecule has 196 valence electrons. The molecule has 2 heterocycles. The molecule has 3 aromatic rings. The third-order valence-electron chi connectivity index (χ3n) is 7.17. The highest BCUT2D eigenvalue weighted by molar-refractivity contribution is 6.00. The highest BCUT2D eigenvalue weighted by Gasteiger charge is 2.47. The molecule has 0 fully saturated rings. The summed E-state index contributed by atoms with van der Waals surface area (Å²) in [7, 11) is 1.62. The van der Waals surface area contributed by atoms with Crippen LogP contribution in [0.5, 0.6) is 5.75 Å². The largest absolute Gasteiger partial charge is 0.497 e. The zero-order chi connectivity index (χ0) is 26.7. The third kappa shape index (κ3) is 5.55. The third-order valence-corrected chi connectivity index (χ3v) is 7.17. The van der Waals surface area contributed by atoms with Crippen LogP contribution in [0.3, 0.4) is 0 Å². The molecule has 2 amide bonds. The molecule has 1 N–H and O–H groups in total. The molecule has 1 aromatic heterocycles. The van der Waals surface area contributed by atoms with Gasteiger partial charge in [0.1, 0.15) is 17.0 Å². The second-order valence-electron chi connectivity index (χ2n) is 10.8. The van der Waals surface area contributed by atoms with Gasteiger partial charge in [0.05, 0.1) is 19.3 Å². The molecule has 4 rings (SSSR count). The van der Waals surface area contributed by atoms with Gasteiger partial charge in [0.15, 0.2) is 0 Å². The Bertz CT molecular complexity index is 1240. The maximum Gasteiger partial charge on any atom is 0.273 e. The molecule has 0 aliphatic carbocycles. The quantitative estimate of drug-likeness (QED) is 0.433. The van der Waals surface area contributed by atoms with Gasteiger partial charge in [0, 0.05) is 18.7 Å². The van der Waals surface area contributed by atoms with Crippen molar-refractivity contribution in [1.29, 1.82) is 0 Å². The minimum atomic E-state index is -1.09. The molecule has 0 saturated heterocycles. The van der Waals surface area contributed by atoms with Gasteiger partial charge in [-0.1, -0.05) is 64.1 Å². The van der Waals surface area contributed by atoms with Crippen LogP contribution in [0, 0.1) is 5.92 Å². The fraction of sp³-hybridized carbons (Fsp3) is 0.433. The summed E-state index contributed by atoms with van der Waals surface area (Å²) in [5.74, 6) is 1.28. The van der Waals surface area contributed by atoms with Crippen LogP contribution in [0.4, 0.5) is 0 Å². The molecule has 0 bridgehead atoms. The van der Waals surface area contributed by atoms with E-state index in [1.54, 1.807) is 16.7 Å². The second-order valence-corrected chi connectivity index (χ2v) is 10.8. The fourth-order valence-electron chi connectivity index (χ4n) is 4.65. The molecule has 7 heteroatoms. The predicted octanol–water partition coefficient (Wildman–Crippen LogP) is 5.26. The van der Waals surface area contributed by atoms with Crippen LogP contribution < -0.4 is 10.1 Å². The number of ether oxygens (including phenoxy) is 1. The summed E-state index contributed by atoms with van der Waals surface area (Å²) in [5, 5.41) is 7.84. The molecule has 7 nitrogen and oxygen atoms in total. The van der Waals surface area contributed by atoms with Crippen LogP contribution in [0.1, 0.15) is 68.6 Å². The number of aromatic nitrogens is 2. The van der Waals surface area contributed by atoms with Crippen molar-refractivity contribution in [2.24, 2.45) is 5.92 Å². The van der Waals surface area contributed by atoms with Gasteiger partial charge in [0.2, 0.25) is 5.91 Å². The van der Waals surface area contributed by atoms with E-state index in [2.05, 4.69) is 45.1 Å². The smallest absolute Gasteiger partial charge is 0.273 e. The zero-order valence-electron chi connectivity index (χ0n) is 22.7. The minimum Gasteiger partial charge on any atom is -0.497 e. The fourth-order valence-corrected chi connectivity index (χ4v) is 4.65. The lowest BCUT2D eigenvalue weighted by Crippen LogP contribution is -2.63. The number of nitrogens with one attached hydrogen (secondary N) is 1. The maximum absolute atomic E-state index is 13.9. The van der Waals surface area contributed by atoms with Gasteiger partial charge in [-0.3, -0.25) is 14.3 Å². The van der Waals surface area contributed by atoms with Crippen molar-refractivity contribution in [3.63, 3.8) is 0 Å². The maximum atomic E-state index is 13.9. The van der Waals surface area contributed by atoms with Gasteiger partial charge >= 0.3 is 0 Å². The average Bonchev–Trinajstić information content (AvgIpc) is 3.30. The molecule has 0 radical (unpaired) electrons. The van der Waals surface area contributed by atoms with E-state index in [9.17, 15) is 9.59 Å². The number of methoxy groups -OCH3 is 1. The number of rotatable bonds is 9. The van der Waals surface area contributed by atoms with Gasteiger partial charge in [-0.25, -0.2) is 0 Å². The van der Waals surface area contributed by atoms with E-state index in [1.807, 2.05) is 49.4 Å². The van der Waals surface area contributed by atoms with Gasteiger partial charge in [-0.2, -0.15) is 5.10 Å². The van der Waals surface area contributed by atoms with Crippen molar-refractivity contribution in [2.45, 2.75) is 65.6 Å². The van der Waals surface area contributed by atoms with Crippen molar-refractivity contribution in [3.8, 4) is 17.0 Å². The molecule has 37 heavy (non-hydrogen) atoms. The van der Waals surface area contributed by atoms with Gasteiger partial charge in [0.25, 0.3) is 5.91 Å². The Hall–Kier alpha value is -3.61. The van der Waals surface area contributed by atoms with Crippen LogP contribution in [-0.4, -0.2) is 45.7 Å². The Morgan fingerprint density at radius 2 is 1.76 bits per heavy atom. The molecule has 0 spiro atoms. The average molecular weight is 503 g/mol. The van der Waals surface area contributed by atoms with Crippen molar-refractivity contribution in [1.82, 2.24) is 20.0 Å². The summed E-state index contributed by atoms with van der Waals surface area (Å²) < 4.78 is 6.97. The lowest BCUT2D eigenvalue weighted by atomic mass is 9.93. The lowest BCUT2D eigenvalue weighted by Gasteiger charge is -2.43. The molecule has 0 saturated carbocycles. The number of nitrogens with zero attached hydrogens (tertiary/aromatic N) is 3. The monoisotopic (exact) mass is 502 g/mol. The first kappa shape index (κ1) is 26.5. The van der Waals surface area contributed by atoms with E-state index in [1.165, 1.54) is 5.56 Å². The van der Waals surface area contributed by atoms with Crippen molar-refractivity contribution in [2.75, 3.05) is 13.7 Å². The van der Waals surface area contributed by atoms with Gasteiger partial charge < -0.3 is 15.0 Å². The van der Waals surface area contributed by atoms with Crippen LogP contribution in [0.15, 0.2) is 54.6 Å². The molecule has 1 atom stereocenters. The molecular weight excluding hydrogens is 464 g/mol. The second kappa shape index (κ2) is 10.8. The van der Waals surface area contributed by atoms with Crippen molar-refractivity contribution < 1.29 is 14.3 Å². The van der Waals surface area contributed by atoms with Gasteiger partial charge in [-0.15, -0.1) is 0 Å². The summed E-state index contributed by atoms with van der Waals surface area (Å²) in [6.45, 7) is 11.6. The topological polar surface area (TPSA) is 76.5 Å². The standard InChI is InChI=1S/C30H38N4O3/c1-20(2)15-16-31-29(36)30(5)19-34-27(17-26(32-34)24-11-9-23(10-12-24)21(3)4)28(35)33(30)18-22-7-13-25(37-6)14-8-22/h7-14,17,20-21H,15-16,18-19H2,1-6H3,(H,31,36)/t30-/m1/s1. The summed E-state index contributed by atoms with van der Waals surface area (Å²) in [6.07, 6.45) is 0.873. The Morgan fingerprint density at radius 1 is 1.08 bits per heavy atom. The zero-order valence-corrected chi connectivity index (χ0v) is 22.7. The normalized spacial score (nSPS) is 17.3. The van der Waals surface area contributed by atoms with Crippen molar-refractivity contribution in [3.05, 3.63) is 71.4 Å². The minimum absolute atomic E-state index is 0.168. The molecule has 1 aliphatic rings. The van der Waals surface area contributed by atoms with Crippen LogP contribution >= 0.6 is 0 Å². The first-order valence-corrected chi connectivity index (χ1v) is 13.0. The van der Waals surface area contributed by atoms with Crippen LogP contribution in [0.25, 0.3) is 11.3 Å². The number of hydrogen-bond acceptors (Lipinski definition) is 4. The van der Waals surface area contributed by atoms with E-state index in [0.29, 0.717) is 30.6 Å². The Labute approximate surface area is 219 Å². The van der Waals surface area contributed by atoms with E-state index < -0.39 is 5.54 Å². The molecule has 2 aromatic carbocycles.